The van der Waals surface area contributed by atoms with Crippen molar-refractivity contribution in [1.29, 1.82) is 0 Å². The molecule has 9 heteroatoms. The number of aromatic nitrogens is 2. The molecule has 0 spiro atoms. The fourth-order valence-electron chi connectivity index (χ4n) is 2.66. The molecule has 1 amide bonds. The van der Waals surface area contributed by atoms with Crippen LogP contribution in [0.15, 0.2) is 12.5 Å². The van der Waals surface area contributed by atoms with Gasteiger partial charge in [-0.3, -0.25) is 9.59 Å². The minimum Gasteiger partial charge on any atom is -0.465 e. The summed E-state index contributed by atoms with van der Waals surface area (Å²) in [6.45, 7) is 9.30. The standard InChI is InChI=1S/C19H31N3O6/c1-6-26-15(23)19(16(24)27-7-2,14-12-20-13-22-14)10-8-9-11-21-17(25)28-18(3,4)5/h12-13H,6-11H2,1-5H3,(H,20,22)(H,21,25). The smallest absolute Gasteiger partial charge is 0.407 e. The fourth-order valence-corrected chi connectivity index (χ4v) is 2.66. The van der Waals surface area contributed by atoms with Gasteiger partial charge in [0.1, 0.15) is 5.60 Å². The van der Waals surface area contributed by atoms with E-state index in [-0.39, 0.29) is 19.6 Å². The van der Waals surface area contributed by atoms with Crippen molar-refractivity contribution in [1.82, 2.24) is 15.3 Å². The molecule has 1 heterocycles. The van der Waals surface area contributed by atoms with E-state index in [0.717, 1.165) is 0 Å². The molecule has 0 saturated heterocycles. The minimum absolute atomic E-state index is 0.133. The summed E-state index contributed by atoms with van der Waals surface area (Å²) in [4.78, 5) is 44.0. The normalized spacial score (nSPS) is 11.6. The summed E-state index contributed by atoms with van der Waals surface area (Å²) in [7, 11) is 0. The van der Waals surface area contributed by atoms with Crippen LogP contribution in [0.2, 0.25) is 0 Å². The second-order valence-electron chi connectivity index (χ2n) is 7.20. The molecule has 0 saturated carbocycles. The predicted molar refractivity (Wildman–Crippen MR) is 102 cm³/mol. The molecule has 2 N–H and O–H groups in total. The maximum absolute atomic E-state index is 12.7. The van der Waals surface area contributed by atoms with Crippen LogP contribution in [0, 0.1) is 0 Å². The zero-order valence-electron chi connectivity index (χ0n) is 17.3. The quantitative estimate of drug-likeness (QED) is 0.269. The van der Waals surface area contributed by atoms with Gasteiger partial charge in [0, 0.05) is 12.7 Å². The van der Waals surface area contributed by atoms with Gasteiger partial charge >= 0.3 is 18.0 Å². The van der Waals surface area contributed by atoms with Crippen molar-refractivity contribution >= 4 is 18.0 Å². The van der Waals surface area contributed by atoms with Crippen LogP contribution in [0.1, 0.15) is 59.6 Å². The van der Waals surface area contributed by atoms with Crippen LogP contribution in [0.3, 0.4) is 0 Å². The summed E-state index contributed by atoms with van der Waals surface area (Å²) in [5, 5.41) is 2.66. The minimum atomic E-state index is -1.62. The van der Waals surface area contributed by atoms with Crippen molar-refractivity contribution in [2.24, 2.45) is 0 Å². The third-order valence-corrected chi connectivity index (χ3v) is 3.85. The molecule has 0 aliphatic rings. The van der Waals surface area contributed by atoms with Crippen molar-refractivity contribution in [2.45, 2.75) is 64.9 Å². The number of amides is 1. The first-order chi connectivity index (χ1) is 13.2. The van der Waals surface area contributed by atoms with Gasteiger partial charge in [-0.25, -0.2) is 9.78 Å². The number of nitrogens with one attached hydrogen (secondary N) is 2. The maximum atomic E-state index is 12.7. The van der Waals surface area contributed by atoms with E-state index < -0.39 is 29.0 Å². The number of alkyl carbamates (subject to hydrolysis) is 1. The van der Waals surface area contributed by atoms with E-state index >= 15 is 0 Å². The molecule has 28 heavy (non-hydrogen) atoms. The molecule has 0 fully saturated rings. The number of hydrogen-bond donors (Lipinski definition) is 2. The highest BCUT2D eigenvalue weighted by Crippen LogP contribution is 2.32. The fraction of sp³-hybridized carbons (Fsp3) is 0.684. The zero-order valence-corrected chi connectivity index (χ0v) is 17.3. The highest BCUT2D eigenvalue weighted by atomic mass is 16.6. The molecule has 1 aromatic rings. The lowest BCUT2D eigenvalue weighted by atomic mass is 9.79. The molecule has 0 aromatic carbocycles. The molecule has 0 bridgehead atoms. The Labute approximate surface area is 165 Å². The number of carbonyl (C=O) groups excluding carboxylic acids is 3. The number of H-pyrrole nitrogens is 1. The summed E-state index contributed by atoms with van der Waals surface area (Å²) < 4.78 is 15.5. The van der Waals surface area contributed by atoms with Gasteiger partial charge in [0.25, 0.3) is 0 Å². The number of imidazole rings is 1. The van der Waals surface area contributed by atoms with E-state index in [1.807, 2.05) is 0 Å². The molecular weight excluding hydrogens is 366 g/mol. The lowest BCUT2D eigenvalue weighted by molar-refractivity contribution is -0.165. The average Bonchev–Trinajstić information content (AvgIpc) is 3.11. The second kappa shape index (κ2) is 10.7. The molecule has 0 atom stereocenters. The van der Waals surface area contributed by atoms with Crippen molar-refractivity contribution in [2.75, 3.05) is 19.8 Å². The highest BCUT2D eigenvalue weighted by Gasteiger charge is 2.51. The first-order valence-corrected chi connectivity index (χ1v) is 9.47. The first kappa shape index (κ1) is 23.5. The van der Waals surface area contributed by atoms with Crippen LogP contribution in [0.4, 0.5) is 4.79 Å². The summed E-state index contributed by atoms with van der Waals surface area (Å²) in [5.41, 5.74) is -1.87. The number of carbonyl (C=O) groups is 3. The summed E-state index contributed by atoms with van der Waals surface area (Å²) in [6, 6.07) is 0. The van der Waals surface area contributed by atoms with Gasteiger partial charge in [-0.15, -0.1) is 0 Å². The van der Waals surface area contributed by atoms with Gasteiger partial charge in [0.2, 0.25) is 5.41 Å². The van der Waals surface area contributed by atoms with E-state index in [1.54, 1.807) is 34.6 Å². The molecule has 9 nitrogen and oxygen atoms in total. The Kier molecular flexibility index (Phi) is 8.94. The number of unbranched alkanes of at least 4 members (excludes halogenated alkanes) is 1. The predicted octanol–water partition coefficient (Wildman–Crippen LogP) is 2.47. The summed E-state index contributed by atoms with van der Waals surface area (Å²) in [5.74, 6) is -1.37. The van der Waals surface area contributed by atoms with Gasteiger partial charge in [-0.2, -0.15) is 0 Å². The van der Waals surface area contributed by atoms with Crippen LogP contribution in [0.5, 0.6) is 0 Å². The van der Waals surface area contributed by atoms with Gasteiger partial charge in [-0.1, -0.05) is 0 Å². The number of rotatable bonds is 10. The number of nitrogens with zero attached hydrogens (tertiary/aromatic N) is 1. The van der Waals surface area contributed by atoms with Crippen LogP contribution in [-0.2, 0) is 29.2 Å². The van der Waals surface area contributed by atoms with Crippen LogP contribution in [0.25, 0.3) is 0 Å². The van der Waals surface area contributed by atoms with Crippen molar-refractivity contribution in [3.05, 3.63) is 18.2 Å². The number of hydrogen-bond acceptors (Lipinski definition) is 7. The summed E-state index contributed by atoms with van der Waals surface area (Å²) >= 11 is 0. The van der Waals surface area contributed by atoms with Crippen LogP contribution < -0.4 is 5.32 Å². The summed E-state index contributed by atoms with van der Waals surface area (Å²) in [6.07, 6.45) is 3.46. The Morgan fingerprint density at radius 3 is 2.14 bits per heavy atom. The SMILES string of the molecule is CCOC(=O)C(CCCCNC(=O)OC(C)(C)C)(C(=O)OCC)c1cnc[nH]1. The van der Waals surface area contributed by atoms with E-state index in [9.17, 15) is 14.4 Å². The van der Waals surface area contributed by atoms with E-state index in [0.29, 0.717) is 25.1 Å². The Balaban J connectivity index is 2.82. The molecule has 158 valence electrons. The molecule has 0 radical (unpaired) electrons. The van der Waals surface area contributed by atoms with E-state index in [4.69, 9.17) is 14.2 Å². The Morgan fingerprint density at radius 2 is 1.68 bits per heavy atom. The van der Waals surface area contributed by atoms with Gasteiger partial charge < -0.3 is 24.5 Å². The molecule has 0 aliphatic carbocycles. The molecule has 1 rings (SSSR count). The van der Waals surface area contributed by atoms with Gasteiger partial charge in [0.05, 0.1) is 25.2 Å². The average molecular weight is 397 g/mol. The van der Waals surface area contributed by atoms with E-state index in [2.05, 4.69) is 15.3 Å². The second-order valence-corrected chi connectivity index (χ2v) is 7.20. The van der Waals surface area contributed by atoms with Gasteiger partial charge in [0.15, 0.2) is 0 Å². The lowest BCUT2D eigenvalue weighted by Crippen LogP contribution is -2.46. The molecular formula is C19H31N3O6. The topological polar surface area (TPSA) is 120 Å². The van der Waals surface area contributed by atoms with Crippen LogP contribution >= 0.6 is 0 Å². The third-order valence-electron chi connectivity index (χ3n) is 3.85. The van der Waals surface area contributed by atoms with Crippen molar-refractivity contribution < 1.29 is 28.6 Å². The Bertz CT molecular complexity index is 619. The largest absolute Gasteiger partial charge is 0.465 e. The van der Waals surface area contributed by atoms with Crippen molar-refractivity contribution in [3.63, 3.8) is 0 Å². The van der Waals surface area contributed by atoms with Crippen LogP contribution in [-0.4, -0.2) is 53.4 Å². The molecule has 0 aliphatic heterocycles. The number of aromatic amines is 1. The van der Waals surface area contributed by atoms with Gasteiger partial charge in [-0.05, 0) is 53.9 Å². The third kappa shape index (κ3) is 6.54. The van der Waals surface area contributed by atoms with E-state index in [1.165, 1.54) is 12.5 Å². The Morgan fingerprint density at radius 1 is 1.07 bits per heavy atom. The number of ether oxygens (including phenoxy) is 3. The molecule has 0 unspecified atom stereocenters. The zero-order chi connectivity index (χ0) is 21.2. The highest BCUT2D eigenvalue weighted by molar-refractivity contribution is 6.05. The maximum Gasteiger partial charge on any atom is 0.407 e. The monoisotopic (exact) mass is 397 g/mol. The first-order valence-electron chi connectivity index (χ1n) is 9.47. The van der Waals surface area contributed by atoms with Crippen molar-refractivity contribution in [3.8, 4) is 0 Å². The lowest BCUT2D eigenvalue weighted by Gasteiger charge is -2.28. The number of esters is 2. The molecule has 1 aromatic heterocycles. The Hall–Kier alpha value is -2.58.